The first kappa shape index (κ1) is 28.8. The van der Waals surface area contributed by atoms with Crippen molar-refractivity contribution in [2.24, 2.45) is 4.99 Å². The minimum absolute atomic E-state index is 0.141. The Morgan fingerprint density at radius 1 is 1.14 bits per heavy atom. The molecule has 1 fully saturated rings. The molecule has 5 nitrogen and oxygen atoms in total. The van der Waals surface area contributed by atoms with Gasteiger partial charge in [0, 0.05) is 45.1 Å². The maximum atomic E-state index is 4.83. The molecule has 0 spiro atoms. The van der Waals surface area contributed by atoms with E-state index < -0.39 is 0 Å². The van der Waals surface area contributed by atoms with Crippen LogP contribution in [0.1, 0.15) is 81.3 Å². The third kappa shape index (κ3) is 7.86. The predicted molar refractivity (Wildman–Crippen MR) is 159 cm³/mol. The normalized spacial score (nSPS) is 20.1. The summed E-state index contributed by atoms with van der Waals surface area (Å²) < 4.78 is 2.19. The van der Waals surface area contributed by atoms with Crippen LogP contribution < -0.4 is 5.32 Å². The number of unbranched alkanes of at least 4 members (excludes halogenated alkanes) is 2. The number of imidazole rings is 1. The van der Waals surface area contributed by atoms with Gasteiger partial charge in [0.2, 0.25) is 0 Å². The summed E-state index contributed by atoms with van der Waals surface area (Å²) in [5, 5.41) is 3.49. The third-order valence-corrected chi connectivity index (χ3v) is 7.12. The van der Waals surface area contributed by atoms with E-state index in [2.05, 4.69) is 90.6 Å². The molecule has 1 N–H and O–H groups in total. The van der Waals surface area contributed by atoms with Gasteiger partial charge >= 0.3 is 0 Å². The summed E-state index contributed by atoms with van der Waals surface area (Å²) in [7, 11) is 0. The highest BCUT2D eigenvalue weighted by atomic mass is 15.2. The van der Waals surface area contributed by atoms with E-state index in [0.717, 1.165) is 57.0 Å². The summed E-state index contributed by atoms with van der Waals surface area (Å²) in [6, 6.07) is 7.07. The second-order valence-electron chi connectivity index (χ2n) is 10.1. The van der Waals surface area contributed by atoms with Crippen LogP contribution >= 0.6 is 0 Å². The van der Waals surface area contributed by atoms with Gasteiger partial charge in [0.05, 0.1) is 23.8 Å². The molecule has 1 saturated heterocycles. The Morgan fingerprint density at radius 2 is 1.89 bits per heavy atom. The van der Waals surface area contributed by atoms with Gasteiger partial charge < -0.3 is 9.88 Å². The number of fused-ring (bicyclic) bond motifs is 1. The van der Waals surface area contributed by atoms with Gasteiger partial charge in [-0.3, -0.25) is 9.89 Å². The number of allylic oxidation sites excluding steroid dienone is 3. The summed E-state index contributed by atoms with van der Waals surface area (Å²) in [5.41, 5.74) is 8.79. The molecule has 37 heavy (non-hydrogen) atoms. The van der Waals surface area contributed by atoms with Crippen LogP contribution in [0.4, 0.5) is 0 Å². The minimum Gasteiger partial charge on any atom is -0.337 e. The number of piperazine rings is 1. The first-order chi connectivity index (χ1) is 18.0. The highest BCUT2D eigenvalue weighted by Gasteiger charge is 2.32. The smallest absolute Gasteiger partial charge is 0.0949 e. The number of nitrogens with zero attached hydrogens (tertiary/aromatic N) is 4. The lowest BCUT2D eigenvalue weighted by Gasteiger charge is -2.36. The molecular weight excluding hydrogens is 454 g/mol. The molecule has 0 radical (unpaired) electrons. The summed E-state index contributed by atoms with van der Waals surface area (Å²) in [6.07, 6.45) is 16.5. The van der Waals surface area contributed by atoms with E-state index in [9.17, 15) is 0 Å². The maximum absolute atomic E-state index is 4.83. The van der Waals surface area contributed by atoms with E-state index in [1.165, 1.54) is 47.1 Å². The average molecular weight is 502 g/mol. The van der Waals surface area contributed by atoms with Crippen molar-refractivity contribution in [1.29, 1.82) is 0 Å². The van der Waals surface area contributed by atoms with Crippen LogP contribution in [0, 0.1) is 13.8 Å². The summed E-state index contributed by atoms with van der Waals surface area (Å²) in [6.45, 7) is 19.7. The number of benzene rings is 1. The fraction of sp³-hybridized carbons (Fsp3) is 0.500. The lowest BCUT2D eigenvalue weighted by Crippen LogP contribution is -2.47. The average Bonchev–Trinajstić information content (AvgIpc) is 3.27. The molecule has 2 aromatic rings. The largest absolute Gasteiger partial charge is 0.337 e. The molecular formula is C32H47N5. The highest BCUT2D eigenvalue weighted by molar-refractivity contribution is 6.10. The van der Waals surface area contributed by atoms with E-state index in [-0.39, 0.29) is 6.04 Å². The van der Waals surface area contributed by atoms with Crippen molar-refractivity contribution in [2.45, 2.75) is 79.3 Å². The van der Waals surface area contributed by atoms with Crippen LogP contribution in [-0.4, -0.2) is 46.3 Å². The van der Waals surface area contributed by atoms with Crippen LogP contribution in [0.3, 0.4) is 0 Å². The molecule has 1 atom stereocenters. The zero-order valence-electron chi connectivity index (χ0n) is 23.8. The van der Waals surface area contributed by atoms with E-state index in [0.29, 0.717) is 0 Å². The zero-order chi connectivity index (χ0) is 26.6. The first-order valence-corrected chi connectivity index (χ1v) is 14.1. The van der Waals surface area contributed by atoms with Crippen LogP contribution in [0.25, 0.3) is 5.57 Å². The molecule has 1 aromatic heterocycles. The maximum Gasteiger partial charge on any atom is 0.0949 e. The van der Waals surface area contributed by atoms with E-state index in [1.807, 2.05) is 13.3 Å². The minimum atomic E-state index is 0.141. The van der Waals surface area contributed by atoms with Gasteiger partial charge in [-0.05, 0) is 62.0 Å². The number of hydrogen-bond donors (Lipinski definition) is 1. The number of aromatic nitrogens is 2. The second kappa shape index (κ2) is 14.8. The number of rotatable bonds is 8. The Labute approximate surface area is 225 Å². The van der Waals surface area contributed by atoms with Crippen LogP contribution in [0.15, 0.2) is 66.2 Å². The molecule has 1 aliphatic carbocycles. The molecule has 2 heterocycles. The van der Waals surface area contributed by atoms with Gasteiger partial charge in [-0.25, -0.2) is 4.98 Å². The molecule has 4 rings (SSSR count). The summed E-state index contributed by atoms with van der Waals surface area (Å²) >= 11 is 0. The van der Waals surface area contributed by atoms with Crippen molar-refractivity contribution < 1.29 is 0 Å². The number of aryl methyl sites for hydroxylation is 3. The third-order valence-electron chi connectivity index (χ3n) is 7.12. The molecule has 2 aliphatic rings. The number of nitrogens with one attached hydrogen (secondary N) is 1. The Hall–Kier alpha value is -2.76. The van der Waals surface area contributed by atoms with Gasteiger partial charge in [-0.1, -0.05) is 69.5 Å². The van der Waals surface area contributed by atoms with Crippen molar-refractivity contribution in [3.8, 4) is 0 Å². The second-order valence-corrected chi connectivity index (χ2v) is 10.1. The van der Waals surface area contributed by atoms with E-state index in [1.54, 1.807) is 6.20 Å². The Bertz CT molecular complexity index is 1100. The molecule has 1 aliphatic heterocycles. The van der Waals surface area contributed by atoms with Gasteiger partial charge in [0.1, 0.15) is 0 Å². The van der Waals surface area contributed by atoms with Gasteiger partial charge in [0.15, 0.2) is 0 Å². The Balaban J connectivity index is 0.000000695. The van der Waals surface area contributed by atoms with Gasteiger partial charge in [-0.15, -0.1) is 0 Å². The number of aliphatic imine (C=N–C) groups is 1. The molecule has 1 unspecified atom stereocenters. The van der Waals surface area contributed by atoms with Crippen molar-refractivity contribution in [1.82, 2.24) is 19.8 Å². The van der Waals surface area contributed by atoms with Crippen LogP contribution in [0.5, 0.6) is 0 Å². The predicted octanol–water partition coefficient (Wildman–Crippen LogP) is 7.05. The monoisotopic (exact) mass is 501 g/mol. The Morgan fingerprint density at radius 3 is 2.49 bits per heavy atom. The summed E-state index contributed by atoms with van der Waals surface area (Å²) in [5.74, 6) is 0. The molecule has 1 aromatic carbocycles. The van der Waals surface area contributed by atoms with Crippen LogP contribution in [0.2, 0.25) is 0 Å². The lowest BCUT2D eigenvalue weighted by molar-refractivity contribution is 0.214. The quantitative estimate of drug-likeness (QED) is 0.421. The Kier molecular flexibility index (Phi) is 11.6. The van der Waals surface area contributed by atoms with Gasteiger partial charge in [0.25, 0.3) is 0 Å². The first-order valence-electron chi connectivity index (χ1n) is 14.1. The molecule has 0 saturated carbocycles. The standard InChI is InChI=1S/C27H35N5.C5H12/c1-5-22-17-23(8-7-13-31-18-21(4)30-19-31)25-16-20(3)9-10-24(25)27(26(22)29-6-2)32-14-11-28-12-15-32;1-3-5-4-2/h5-6,9-10,16-19,27-28H,2,7-8,11-15H2,1,3-4H3;3-5H2,1-2H3/b22-5-,29-26?;. The lowest BCUT2D eigenvalue weighted by atomic mass is 9.90. The summed E-state index contributed by atoms with van der Waals surface area (Å²) in [4.78, 5) is 11.8. The molecule has 0 bridgehead atoms. The molecule has 0 amide bonds. The fourth-order valence-corrected chi connectivity index (χ4v) is 5.22. The van der Waals surface area contributed by atoms with E-state index in [4.69, 9.17) is 4.99 Å². The molecule has 200 valence electrons. The van der Waals surface area contributed by atoms with Crippen molar-refractivity contribution in [3.63, 3.8) is 0 Å². The molecule has 5 heteroatoms. The van der Waals surface area contributed by atoms with Crippen molar-refractivity contribution >= 4 is 11.3 Å². The van der Waals surface area contributed by atoms with Gasteiger partial charge in [-0.2, -0.15) is 0 Å². The highest BCUT2D eigenvalue weighted by Crippen LogP contribution is 2.39. The van der Waals surface area contributed by atoms with E-state index >= 15 is 0 Å². The number of hydrogen-bond acceptors (Lipinski definition) is 4. The SMILES string of the molecule is C=CN=C1/C(=C\C)C=C(CCCn2cnc(C)c2)c2cc(C)ccc2C1N1CCNCC1.CCCCC. The topological polar surface area (TPSA) is 45.5 Å². The van der Waals surface area contributed by atoms with Crippen molar-refractivity contribution in [3.05, 3.63) is 83.6 Å². The zero-order valence-corrected chi connectivity index (χ0v) is 23.8. The fourth-order valence-electron chi connectivity index (χ4n) is 5.22. The van der Waals surface area contributed by atoms with Crippen molar-refractivity contribution in [2.75, 3.05) is 26.2 Å². The van der Waals surface area contributed by atoms with Crippen LogP contribution in [-0.2, 0) is 6.54 Å².